The molecule has 2 aliphatic rings. The van der Waals surface area contributed by atoms with Gasteiger partial charge < -0.3 is 15.6 Å². The number of nitrogens with two attached hydrogens (primary N) is 1. The highest BCUT2D eigenvalue weighted by atomic mass is 16.6. The van der Waals surface area contributed by atoms with Crippen LogP contribution < -0.4 is 5.73 Å². The first-order valence-corrected chi connectivity index (χ1v) is 4.17. The van der Waals surface area contributed by atoms with Crippen LogP contribution in [-0.2, 0) is 4.74 Å². The van der Waals surface area contributed by atoms with E-state index in [2.05, 4.69) is 0 Å². The summed E-state index contributed by atoms with van der Waals surface area (Å²) in [5.74, 6) is 0.313. The molecule has 0 spiro atoms. The average Bonchev–Trinajstić information content (AvgIpc) is 2.80. The fourth-order valence-corrected chi connectivity index (χ4v) is 1.44. The smallest absolute Gasteiger partial charge is 0.111 e. The molecule has 1 heterocycles. The Balaban J connectivity index is 1.98. The Hall–Kier alpha value is -0.800. The van der Waals surface area contributed by atoms with Gasteiger partial charge in [0.1, 0.15) is 5.76 Å². The lowest BCUT2D eigenvalue weighted by molar-refractivity contribution is 0.344. The quantitative estimate of drug-likeness (QED) is 0.600. The molecule has 2 unspecified atom stereocenters. The number of ether oxygens (including phenoxy) is 1. The van der Waals surface area contributed by atoms with Crippen molar-refractivity contribution in [2.24, 2.45) is 5.73 Å². The van der Waals surface area contributed by atoms with E-state index in [-0.39, 0.29) is 5.54 Å². The second kappa shape index (κ2) is 2.61. The van der Waals surface area contributed by atoms with Crippen LogP contribution in [-0.4, -0.2) is 23.4 Å². The van der Waals surface area contributed by atoms with Gasteiger partial charge >= 0.3 is 0 Å². The molecule has 1 saturated heterocycles. The van der Waals surface area contributed by atoms with Crippen molar-refractivity contribution in [1.82, 2.24) is 0 Å². The zero-order chi connectivity index (χ0) is 8.60. The van der Waals surface area contributed by atoms with Crippen molar-refractivity contribution in [1.29, 1.82) is 0 Å². The van der Waals surface area contributed by atoms with Crippen molar-refractivity contribution in [3.8, 4) is 0 Å². The first-order chi connectivity index (χ1) is 5.68. The van der Waals surface area contributed by atoms with Crippen LogP contribution in [0.15, 0.2) is 24.0 Å². The minimum Gasteiger partial charge on any atom is -0.508 e. The van der Waals surface area contributed by atoms with Crippen molar-refractivity contribution >= 4 is 0 Å². The average molecular weight is 167 g/mol. The van der Waals surface area contributed by atoms with Crippen molar-refractivity contribution < 1.29 is 9.84 Å². The Morgan fingerprint density at radius 1 is 1.75 bits per heavy atom. The van der Waals surface area contributed by atoms with Gasteiger partial charge in [0.05, 0.1) is 12.7 Å². The predicted octanol–water partition coefficient (Wildman–Crippen LogP) is 0.875. The SMILES string of the molecule is NC1(CC2CO2)C=CC(O)=CC1. The Bertz CT molecular complexity index is 243. The molecule has 2 atom stereocenters. The highest BCUT2D eigenvalue weighted by Gasteiger charge is 2.33. The van der Waals surface area contributed by atoms with Crippen LogP contribution in [0, 0.1) is 0 Å². The Morgan fingerprint density at radius 2 is 2.50 bits per heavy atom. The van der Waals surface area contributed by atoms with Crippen molar-refractivity contribution in [3.63, 3.8) is 0 Å². The highest BCUT2D eigenvalue weighted by Crippen LogP contribution is 2.27. The molecule has 2 rings (SSSR count). The van der Waals surface area contributed by atoms with Crippen LogP contribution in [0.1, 0.15) is 12.8 Å². The number of hydrogen-bond donors (Lipinski definition) is 2. The number of rotatable bonds is 2. The standard InChI is InChI=1S/C9H13NO2/c10-9(5-8-6-12-8)3-1-7(11)2-4-9/h1-3,8,11H,4-6,10H2. The number of allylic oxidation sites excluding steroid dienone is 1. The summed E-state index contributed by atoms with van der Waals surface area (Å²) in [4.78, 5) is 0. The molecular weight excluding hydrogens is 154 g/mol. The predicted molar refractivity (Wildman–Crippen MR) is 45.7 cm³/mol. The number of aliphatic hydroxyl groups excluding tert-OH is 1. The maximum atomic E-state index is 9.08. The number of epoxide rings is 1. The molecule has 12 heavy (non-hydrogen) atoms. The van der Waals surface area contributed by atoms with E-state index in [4.69, 9.17) is 15.6 Å². The van der Waals surface area contributed by atoms with E-state index in [9.17, 15) is 0 Å². The Labute approximate surface area is 71.5 Å². The minimum absolute atomic E-state index is 0.298. The van der Waals surface area contributed by atoms with Gasteiger partial charge in [0.15, 0.2) is 0 Å². The summed E-state index contributed by atoms with van der Waals surface area (Å²) in [7, 11) is 0. The summed E-state index contributed by atoms with van der Waals surface area (Å²) in [6.07, 6.45) is 7.18. The molecule has 1 fully saturated rings. The van der Waals surface area contributed by atoms with Crippen molar-refractivity contribution in [2.75, 3.05) is 6.61 Å². The summed E-state index contributed by atoms with van der Waals surface area (Å²) in [6.45, 7) is 0.836. The second-order valence-corrected chi connectivity index (χ2v) is 3.56. The van der Waals surface area contributed by atoms with Crippen LogP contribution >= 0.6 is 0 Å². The molecule has 0 saturated carbocycles. The van der Waals surface area contributed by atoms with Gasteiger partial charge in [0.2, 0.25) is 0 Å². The zero-order valence-electron chi connectivity index (χ0n) is 6.86. The summed E-state index contributed by atoms with van der Waals surface area (Å²) < 4.78 is 5.11. The van der Waals surface area contributed by atoms with Crippen LogP contribution in [0.2, 0.25) is 0 Å². The summed E-state index contributed by atoms with van der Waals surface area (Å²) in [5, 5.41) is 9.08. The second-order valence-electron chi connectivity index (χ2n) is 3.56. The van der Waals surface area contributed by atoms with Gasteiger partial charge in [-0.2, -0.15) is 0 Å². The van der Waals surface area contributed by atoms with E-state index >= 15 is 0 Å². The van der Waals surface area contributed by atoms with Gasteiger partial charge in [-0.25, -0.2) is 0 Å². The van der Waals surface area contributed by atoms with Gasteiger partial charge in [0, 0.05) is 5.54 Å². The lowest BCUT2D eigenvalue weighted by Crippen LogP contribution is -2.39. The molecule has 3 N–H and O–H groups in total. The lowest BCUT2D eigenvalue weighted by atomic mass is 9.87. The summed E-state index contributed by atoms with van der Waals surface area (Å²) in [6, 6.07) is 0. The van der Waals surface area contributed by atoms with Gasteiger partial charge in [-0.3, -0.25) is 0 Å². The molecule has 1 aliphatic heterocycles. The first-order valence-electron chi connectivity index (χ1n) is 4.17. The lowest BCUT2D eigenvalue weighted by Gasteiger charge is -2.25. The molecule has 0 radical (unpaired) electrons. The minimum atomic E-state index is -0.298. The van der Waals surface area contributed by atoms with Crippen molar-refractivity contribution in [3.05, 3.63) is 24.0 Å². The maximum Gasteiger partial charge on any atom is 0.111 e. The van der Waals surface area contributed by atoms with E-state index in [1.165, 1.54) is 0 Å². The van der Waals surface area contributed by atoms with Crippen LogP contribution in [0.4, 0.5) is 0 Å². The van der Waals surface area contributed by atoms with Crippen LogP contribution in [0.5, 0.6) is 0 Å². The monoisotopic (exact) mass is 167 g/mol. The molecule has 0 bridgehead atoms. The highest BCUT2D eigenvalue weighted by molar-refractivity contribution is 5.24. The third-order valence-electron chi connectivity index (χ3n) is 2.29. The van der Waals surface area contributed by atoms with E-state index in [0.29, 0.717) is 18.3 Å². The van der Waals surface area contributed by atoms with Gasteiger partial charge in [0.25, 0.3) is 0 Å². The fraction of sp³-hybridized carbons (Fsp3) is 0.556. The first kappa shape index (κ1) is 7.83. The summed E-state index contributed by atoms with van der Waals surface area (Å²) >= 11 is 0. The topological polar surface area (TPSA) is 58.8 Å². The summed E-state index contributed by atoms with van der Waals surface area (Å²) in [5.41, 5.74) is 5.74. The Kier molecular flexibility index (Phi) is 1.70. The molecule has 0 aromatic rings. The third kappa shape index (κ3) is 1.68. The van der Waals surface area contributed by atoms with Crippen molar-refractivity contribution in [2.45, 2.75) is 24.5 Å². The van der Waals surface area contributed by atoms with Gasteiger partial charge in [-0.15, -0.1) is 0 Å². The Morgan fingerprint density at radius 3 is 3.00 bits per heavy atom. The van der Waals surface area contributed by atoms with E-state index in [1.807, 2.05) is 6.08 Å². The normalized spacial score (nSPS) is 39.4. The molecule has 3 heteroatoms. The van der Waals surface area contributed by atoms with Gasteiger partial charge in [-0.1, -0.05) is 6.08 Å². The van der Waals surface area contributed by atoms with E-state index < -0.39 is 0 Å². The third-order valence-corrected chi connectivity index (χ3v) is 2.29. The molecular formula is C9H13NO2. The largest absolute Gasteiger partial charge is 0.508 e. The van der Waals surface area contributed by atoms with E-state index in [0.717, 1.165) is 13.0 Å². The zero-order valence-corrected chi connectivity index (χ0v) is 6.86. The molecule has 0 amide bonds. The van der Waals surface area contributed by atoms with E-state index in [1.54, 1.807) is 12.2 Å². The number of hydrogen-bond acceptors (Lipinski definition) is 3. The number of aliphatic hydroxyl groups is 1. The molecule has 3 nitrogen and oxygen atoms in total. The fourth-order valence-electron chi connectivity index (χ4n) is 1.44. The molecule has 0 aromatic heterocycles. The van der Waals surface area contributed by atoms with Crippen LogP contribution in [0.25, 0.3) is 0 Å². The van der Waals surface area contributed by atoms with Crippen LogP contribution in [0.3, 0.4) is 0 Å². The molecule has 66 valence electrons. The maximum absolute atomic E-state index is 9.08. The van der Waals surface area contributed by atoms with Gasteiger partial charge in [-0.05, 0) is 25.0 Å². The molecule has 1 aliphatic carbocycles. The molecule has 0 aromatic carbocycles.